The van der Waals surface area contributed by atoms with E-state index < -0.39 is 6.04 Å². The molecule has 0 fully saturated rings. The minimum Gasteiger partial charge on any atom is -0.326 e. The van der Waals surface area contributed by atoms with E-state index in [9.17, 15) is 0 Å². The Labute approximate surface area is 195 Å². The van der Waals surface area contributed by atoms with Gasteiger partial charge in [0.25, 0.3) is 0 Å². The van der Waals surface area contributed by atoms with Crippen molar-refractivity contribution in [2.75, 3.05) is 0 Å². The lowest BCUT2D eigenvalue weighted by Crippen LogP contribution is -2.36. The van der Waals surface area contributed by atoms with Crippen LogP contribution in [0.1, 0.15) is 42.9 Å². The van der Waals surface area contributed by atoms with Crippen LogP contribution in [0.3, 0.4) is 0 Å². The molecule has 3 heterocycles. The van der Waals surface area contributed by atoms with Crippen LogP contribution in [-0.2, 0) is 11.8 Å². The van der Waals surface area contributed by atoms with E-state index in [-0.39, 0.29) is 11.5 Å². The summed E-state index contributed by atoms with van der Waals surface area (Å²) in [6.45, 7) is 6.58. The van der Waals surface area contributed by atoms with Gasteiger partial charge in [-0.3, -0.25) is 4.98 Å². The fraction of sp³-hybridized carbons (Fsp3) is 0.292. The minimum atomic E-state index is -0.426. The highest BCUT2D eigenvalue weighted by atomic mass is 79.9. The largest absolute Gasteiger partial charge is 0.326 e. The van der Waals surface area contributed by atoms with E-state index in [0.717, 1.165) is 31.5 Å². The van der Waals surface area contributed by atoms with Gasteiger partial charge in [0.1, 0.15) is 0 Å². The van der Waals surface area contributed by atoms with Crippen molar-refractivity contribution in [3.8, 4) is 11.4 Å². The Morgan fingerprint density at radius 3 is 2.32 bits per heavy atom. The number of aromatic nitrogens is 3. The molecule has 0 amide bonds. The Morgan fingerprint density at radius 2 is 1.68 bits per heavy atom. The molecule has 31 heavy (non-hydrogen) atoms. The Bertz CT molecular complexity index is 1190. The van der Waals surface area contributed by atoms with Crippen LogP contribution in [0.5, 0.6) is 0 Å². The number of nitrogens with zero attached hydrogens (tertiary/aromatic N) is 3. The lowest BCUT2D eigenvalue weighted by molar-refractivity contribution is 0.537. The molecule has 3 aromatic heterocycles. The molecule has 4 N–H and O–H groups in total. The summed E-state index contributed by atoms with van der Waals surface area (Å²) in [5.74, 6) is 0.631. The van der Waals surface area contributed by atoms with Crippen LogP contribution in [0.15, 0.2) is 59.3 Å². The fourth-order valence-electron chi connectivity index (χ4n) is 3.53. The standard InChI is InChI=1S/C24H26BrN5S/c1-24(2,3)22-17(25)19-21(31-22)20(30-23(29-19)15-9-11-28-12-10-15)18(27)16(26)13-14-7-5-4-6-8-14/h4-12,16,18H,13,26-27H2,1-3H3. The minimum absolute atomic E-state index is 0.0332. The smallest absolute Gasteiger partial charge is 0.160 e. The molecule has 0 aliphatic heterocycles. The summed E-state index contributed by atoms with van der Waals surface area (Å²) in [5.41, 5.74) is 17.0. The summed E-state index contributed by atoms with van der Waals surface area (Å²) in [4.78, 5) is 15.1. The number of thiophene rings is 1. The molecule has 7 heteroatoms. The lowest BCUT2D eigenvalue weighted by Gasteiger charge is -2.20. The maximum absolute atomic E-state index is 6.73. The number of hydrogen-bond acceptors (Lipinski definition) is 6. The topological polar surface area (TPSA) is 90.7 Å². The normalized spacial score (nSPS) is 14.0. The van der Waals surface area contributed by atoms with Crippen LogP contribution < -0.4 is 11.5 Å². The van der Waals surface area contributed by atoms with Crippen molar-refractivity contribution >= 4 is 37.5 Å². The molecular weight excluding hydrogens is 470 g/mol. The first-order valence-electron chi connectivity index (χ1n) is 10.2. The molecule has 0 spiro atoms. The van der Waals surface area contributed by atoms with Crippen LogP contribution in [0, 0.1) is 0 Å². The van der Waals surface area contributed by atoms with Crippen molar-refractivity contribution in [1.29, 1.82) is 0 Å². The second kappa shape index (κ2) is 8.74. The Kier molecular flexibility index (Phi) is 6.21. The summed E-state index contributed by atoms with van der Waals surface area (Å²) in [7, 11) is 0. The van der Waals surface area contributed by atoms with Crippen molar-refractivity contribution in [3.05, 3.63) is 75.5 Å². The molecule has 0 aliphatic carbocycles. The van der Waals surface area contributed by atoms with Gasteiger partial charge in [-0.1, -0.05) is 51.1 Å². The zero-order valence-corrected chi connectivity index (χ0v) is 20.2. The first-order chi connectivity index (χ1) is 14.8. The summed E-state index contributed by atoms with van der Waals surface area (Å²) in [5, 5.41) is 0. The average molecular weight is 496 g/mol. The molecule has 4 aromatic rings. The van der Waals surface area contributed by atoms with Gasteiger partial charge < -0.3 is 11.5 Å². The summed E-state index contributed by atoms with van der Waals surface area (Å²) in [6, 6.07) is 13.3. The van der Waals surface area contributed by atoms with Crippen LogP contribution in [0.2, 0.25) is 0 Å². The van der Waals surface area contributed by atoms with E-state index in [1.54, 1.807) is 23.7 Å². The maximum atomic E-state index is 6.73. The predicted molar refractivity (Wildman–Crippen MR) is 132 cm³/mol. The summed E-state index contributed by atoms with van der Waals surface area (Å²) in [6.07, 6.45) is 4.16. The van der Waals surface area contributed by atoms with Gasteiger partial charge in [-0.25, -0.2) is 9.97 Å². The monoisotopic (exact) mass is 495 g/mol. The van der Waals surface area contributed by atoms with Gasteiger partial charge in [-0.15, -0.1) is 11.3 Å². The van der Waals surface area contributed by atoms with Gasteiger partial charge in [-0.2, -0.15) is 0 Å². The van der Waals surface area contributed by atoms with Gasteiger partial charge in [0, 0.05) is 28.9 Å². The third kappa shape index (κ3) is 4.55. The molecule has 160 valence electrons. The molecule has 0 saturated heterocycles. The van der Waals surface area contributed by atoms with Crippen LogP contribution in [0.4, 0.5) is 0 Å². The zero-order valence-electron chi connectivity index (χ0n) is 17.8. The number of benzene rings is 1. The highest BCUT2D eigenvalue weighted by Crippen LogP contribution is 2.44. The van der Waals surface area contributed by atoms with Gasteiger partial charge in [0.15, 0.2) is 5.82 Å². The second-order valence-electron chi connectivity index (χ2n) is 8.72. The van der Waals surface area contributed by atoms with Crippen molar-refractivity contribution in [3.63, 3.8) is 0 Å². The number of hydrogen-bond donors (Lipinski definition) is 2. The van der Waals surface area contributed by atoms with E-state index >= 15 is 0 Å². The van der Waals surface area contributed by atoms with Crippen LogP contribution in [0.25, 0.3) is 21.6 Å². The van der Waals surface area contributed by atoms with Crippen molar-refractivity contribution in [1.82, 2.24) is 15.0 Å². The number of halogens is 1. The molecule has 0 bridgehead atoms. The molecule has 1 aromatic carbocycles. The van der Waals surface area contributed by atoms with Gasteiger partial charge in [-0.05, 0) is 45.5 Å². The van der Waals surface area contributed by atoms with Gasteiger partial charge >= 0.3 is 0 Å². The van der Waals surface area contributed by atoms with Crippen LogP contribution in [-0.4, -0.2) is 21.0 Å². The predicted octanol–water partition coefficient (Wildman–Crippen LogP) is 5.38. The average Bonchev–Trinajstić information content (AvgIpc) is 3.11. The molecule has 0 radical (unpaired) electrons. The zero-order chi connectivity index (χ0) is 22.2. The van der Waals surface area contributed by atoms with Crippen molar-refractivity contribution in [2.24, 2.45) is 11.5 Å². The lowest BCUT2D eigenvalue weighted by atomic mass is 9.94. The van der Waals surface area contributed by atoms with E-state index in [4.69, 9.17) is 21.4 Å². The Morgan fingerprint density at radius 1 is 1.00 bits per heavy atom. The number of rotatable bonds is 5. The SMILES string of the molecule is CC(C)(C)c1sc2c(C(N)C(N)Cc3ccccc3)nc(-c3ccncc3)nc2c1Br. The molecule has 0 saturated carbocycles. The van der Waals surface area contributed by atoms with E-state index in [1.807, 2.05) is 30.3 Å². The molecule has 2 atom stereocenters. The van der Waals surface area contributed by atoms with E-state index in [1.165, 1.54) is 4.88 Å². The summed E-state index contributed by atoms with van der Waals surface area (Å²) < 4.78 is 1.99. The second-order valence-corrected chi connectivity index (χ2v) is 10.5. The first-order valence-corrected chi connectivity index (χ1v) is 11.8. The maximum Gasteiger partial charge on any atom is 0.160 e. The third-order valence-corrected chi connectivity index (χ3v) is 7.88. The van der Waals surface area contributed by atoms with E-state index in [0.29, 0.717) is 12.2 Å². The van der Waals surface area contributed by atoms with Crippen LogP contribution >= 0.6 is 27.3 Å². The Hall–Kier alpha value is -2.19. The number of pyridine rings is 1. The number of nitrogens with two attached hydrogens (primary N) is 2. The third-order valence-electron chi connectivity index (χ3n) is 5.21. The first kappa shape index (κ1) is 22.0. The molecule has 4 rings (SSSR count). The fourth-order valence-corrected chi connectivity index (χ4v) is 6.01. The van der Waals surface area contributed by atoms with E-state index in [2.05, 4.69) is 53.8 Å². The molecule has 0 aliphatic rings. The number of fused-ring (bicyclic) bond motifs is 1. The Balaban J connectivity index is 1.85. The summed E-state index contributed by atoms with van der Waals surface area (Å²) >= 11 is 5.50. The highest BCUT2D eigenvalue weighted by Gasteiger charge is 2.28. The van der Waals surface area contributed by atoms with Gasteiger partial charge in [0.2, 0.25) is 0 Å². The van der Waals surface area contributed by atoms with Crippen molar-refractivity contribution < 1.29 is 0 Å². The van der Waals surface area contributed by atoms with Crippen molar-refractivity contribution in [2.45, 2.75) is 44.7 Å². The molecule has 2 unspecified atom stereocenters. The highest BCUT2D eigenvalue weighted by molar-refractivity contribution is 9.10. The molecular formula is C24H26BrN5S. The molecule has 5 nitrogen and oxygen atoms in total. The quantitative estimate of drug-likeness (QED) is 0.387. The van der Waals surface area contributed by atoms with Gasteiger partial charge in [0.05, 0.1) is 26.4 Å².